The predicted octanol–water partition coefficient (Wildman–Crippen LogP) is 4.07. The molecule has 7 nitrogen and oxygen atoms in total. The molecule has 33 heavy (non-hydrogen) atoms. The van der Waals surface area contributed by atoms with Gasteiger partial charge in [0.25, 0.3) is 5.56 Å². The summed E-state index contributed by atoms with van der Waals surface area (Å²) in [4.78, 5) is 26.3. The standard InChI is InChI=1S/C24H22ClFN6O/c1-30-9-11-31(12-10-30)17-7-5-16(6-8-17)29-22-13-21-18(14-27-22)24(33)32(15-28-21)23-19(25)3-2-4-20(23)26/h2-8,13-15H,9-12H2,1H3,(H,27,29). The fourth-order valence-corrected chi connectivity index (χ4v) is 4.19. The van der Waals surface area contributed by atoms with E-state index in [0.717, 1.165) is 36.4 Å². The van der Waals surface area contributed by atoms with Crippen LogP contribution in [0.25, 0.3) is 16.6 Å². The number of hydrogen-bond donors (Lipinski definition) is 1. The minimum atomic E-state index is -0.600. The Morgan fingerprint density at radius 2 is 1.79 bits per heavy atom. The summed E-state index contributed by atoms with van der Waals surface area (Å²) in [6, 6.07) is 14.1. The van der Waals surface area contributed by atoms with Gasteiger partial charge in [-0.15, -0.1) is 0 Å². The first-order valence-electron chi connectivity index (χ1n) is 10.6. The van der Waals surface area contributed by atoms with E-state index in [9.17, 15) is 9.18 Å². The molecule has 0 aliphatic carbocycles. The molecule has 0 unspecified atom stereocenters. The highest BCUT2D eigenvalue weighted by Crippen LogP contribution is 2.24. The summed E-state index contributed by atoms with van der Waals surface area (Å²) in [5, 5.41) is 3.65. The number of piperazine rings is 1. The number of aromatic nitrogens is 3. The van der Waals surface area contributed by atoms with Crippen molar-refractivity contribution in [2.24, 2.45) is 0 Å². The van der Waals surface area contributed by atoms with Crippen LogP contribution in [0.2, 0.25) is 5.02 Å². The van der Waals surface area contributed by atoms with Crippen LogP contribution >= 0.6 is 11.6 Å². The van der Waals surface area contributed by atoms with Crippen molar-refractivity contribution in [3.63, 3.8) is 0 Å². The first kappa shape index (κ1) is 21.4. The molecule has 2 aromatic heterocycles. The third-order valence-electron chi connectivity index (χ3n) is 5.83. The molecule has 1 aliphatic heterocycles. The first-order chi connectivity index (χ1) is 16.0. The summed E-state index contributed by atoms with van der Waals surface area (Å²) < 4.78 is 15.4. The van der Waals surface area contributed by atoms with Crippen LogP contribution in [-0.2, 0) is 0 Å². The molecule has 1 N–H and O–H groups in total. The van der Waals surface area contributed by atoms with Gasteiger partial charge in [0.15, 0.2) is 0 Å². The van der Waals surface area contributed by atoms with Gasteiger partial charge in [0.2, 0.25) is 0 Å². The summed E-state index contributed by atoms with van der Waals surface area (Å²) >= 11 is 6.11. The number of anilines is 3. The Hall–Kier alpha value is -3.49. The van der Waals surface area contributed by atoms with Crippen molar-refractivity contribution in [1.82, 2.24) is 19.4 Å². The fourth-order valence-electron chi connectivity index (χ4n) is 3.93. The maximum atomic E-state index is 14.3. The van der Waals surface area contributed by atoms with E-state index < -0.39 is 11.4 Å². The zero-order valence-corrected chi connectivity index (χ0v) is 18.8. The molecule has 0 radical (unpaired) electrons. The van der Waals surface area contributed by atoms with Crippen molar-refractivity contribution in [1.29, 1.82) is 0 Å². The Labute approximate surface area is 195 Å². The van der Waals surface area contributed by atoms with Crippen molar-refractivity contribution >= 4 is 39.7 Å². The molecule has 0 atom stereocenters. The van der Waals surface area contributed by atoms with Gasteiger partial charge in [0.1, 0.15) is 23.6 Å². The van der Waals surface area contributed by atoms with Gasteiger partial charge in [-0.2, -0.15) is 0 Å². The highest BCUT2D eigenvalue weighted by atomic mass is 35.5. The average Bonchev–Trinajstić information content (AvgIpc) is 2.81. The fraction of sp³-hybridized carbons (Fsp3) is 0.208. The van der Waals surface area contributed by atoms with Crippen molar-refractivity contribution < 1.29 is 4.39 Å². The van der Waals surface area contributed by atoms with Crippen LogP contribution in [0.15, 0.2) is 65.8 Å². The van der Waals surface area contributed by atoms with Gasteiger partial charge in [0, 0.05) is 49.8 Å². The molecule has 3 heterocycles. The molecular formula is C24H22ClFN6O. The van der Waals surface area contributed by atoms with Gasteiger partial charge >= 0.3 is 0 Å². The molecule has 0 spiro atoms. The maximum absolute atomic E-state index is 14.3. The summed E-state index contributed by atoms with van der Waals surface area (Å²) in [5.41, 5.74) is 2.06. The number of likely N-dealkylation sites (N-methyl/N-ethyl adjacent to an activating group) is 1. The summed E-state index contributed by atoms with van der Waals surface area (Å²) in [6.45, 7) is 4.13. The highest BCUT2D eigenvalue weighted by molar-refractivity contribution is 6.32. The molecule has 2 aromatic carbocycles. The van der Waals surface area contributed by atoms with Crippen LogP contribution in [0.1, 0.15) is 0 Å². The number of pyridine rings is 1. The number of nitrogens with one attached hydrogen (secondary N) is 1. The largest absolute Gasteiger partial charge is 0.369 e. The van der Waals surface area contributed by atoms with Crippen LogP contribution < -0.4 is 15.8 Å². The number of hydrogen-bond acceptors (Lipinski definition) is 6. The summed E-state index contributed by atoms with van der Waals surface area (Å²) in [5.74, 6) is -0.0413. The normalized spacial score (nSPS) is 14.6. The van der Waals surface area contributed by atoms with E-state index in [1.165, 1.54) is 36.4 Å². The molecule has 5 rings (SSSR count). The van der Waals surface area contributed by atoms with Gasteiger partial charge < -0.3 is 15.1 Å². The predicted molar refractivity (Wildman–Crippen MR) is 130 cm³/mol. The van der Waals surface area contributed by atoms with E-state index in [1.54, 1.807) is 6.07 Å². The Bertz CT molecular complexity index is 1350. The van der Waals surface area contributed by atoms with Crippen molar-refractivity contribution in [3.8, 4) is 5.69 Å². The quantitative estimate of drug-likeness (QED) is 0.491. The second-order valence-corrected chi connectivity index (χ2v) is 8.45. The lowest BCUT2D eigenvalue weighted by molar-refractivity contribution is 0.313. The van der Waals surface area contributed by atoms with Gasteiger partial charge in [-0.3, -0.25) is 9.36 Å². The minimum Gasteiger partial charge on any atom is -0.369 e. The zero-order valence-electron chi connectivity index (χ0n) is 18.0. The molecular weight excluding hydrogens is 443 g/mol. The number of rotatable bonds is 4. The molecule has 1 fully saturated rings. The van der Waals surface area contributed by atoms with E-state index in [1.807, 2.05) is 12.1 Å². The van der Waals surface area contributed by atoms with Crippen LogP contribution in [-0.4, -0.2) is 52.7 Å². The van der Waals surface area contributed by atoms with Crippen molar-refractivity contribution in [3.05, 3.63) is 82.2 Å². The lowest BCUT2D eigenvalue weighted by Crippen LogP contribution is -2.44. The van der Waals surface area contributed by atoms with Crippen molar-refractivity contribution in [2.75, 3.05) is 43.4 Å². The second kappa shape index (κ2) is 8.80. The molecule has 4 aromatic rings. The van der Waals surface area contributed by atoms with E-state index in [2.05, 4.69) is 44.3 Å². The molecule has 0 saturated carbocycles. The third kappa shape index (κ3) is 4.27. The third-order valence-corrected chi connectivity index (χ3v) is 6.14. The van der Waals surface area contributed by atoms with E-state index in [-0.39, 0.29) is 16.1 Å². The maximum Gasteiger partial charge on any atom is 0.267 e. The number of nitrogens with zero attached hydrogens (tertiary/aromatic N) is 5. The summed E-state index contributed by atoms with van der Waals surface area (Å²) in [6.07, 6.45) is 2.72. The van der Waals surface area contributed by atoms with Gasteiger partial charge in [-0.25, -0.2) is 14.4 Å². The smallest absolute Gasteiger partial charge is 0.267 e. The number of para-hydroxylation sites is 1. The van der Waals surface area contributed by atoms with Crippen molar-refractivity contribution in [2.45, 2.75) is 0 Å². The van der Waals surface area contributed by atoms with Gasteiger partial charge in [-0.05, 0) is 43.4 Å². The Morgan fingerprint density at radius 3 is 2.52 bits per heavy atom. The Morgan fingerprint density at radius 1 is 1.03 bits per heavy atom. The van der Waals surface area contributed by atoms with Crippen LogP contribution in [0.4, 0.5) is 21.6 Å². The molecule has 0 amide bonds. The minimum absolute atomic E-state index is 0.0267. The SMILES string of the molecule is CN1CCN(c2ccc(Nc3cc4ncn(-c5c(F)cccc5Cl)c(=O)c4cn3)cc2)CC1. The molecule has 1 aliphatic rings. The van der Waals surface area contributed by atoms with Crippen LogP contribution in [0.3, 0.4) is 0 Å². The van der Waals surface area contributed by atoms with Crippen LogP contribution in [0.5, 0.6) is 0 Å². The first-order valence-corrected chi connectivity index (χ1v) is 11.0. The number of halogens is 2. The number of fused-ring (bicyclic) bond motifs is 1. The average molecular weight is 465 g/mol. The molecule has 9 heteroatoms. The van der Waals surface area contributed by atoms with E-state index in [4.69, 9.17) is 11.6 Å². The highest BCUT2D eigenvalue weighted by Gasteiger charge is 2.15. The van der Waals surface area contributed by atoms with E-state index >= 15 is 0 Å². The topological polar surface area (TPSA) is 66.3 Å². The lowest BCUT2D eigenvalue weighted by atomic mass is 10.2. The molecule has 1 saturated heterocycles. The number of benzene rings is 2. The monoisotopic (exact) mass is 464 g/mol. The molecule has 0 bridgehead atoms. The van der Waals surface area contributed by atoms with Gasteiger partial charge in [0.05, 0.1) is 15.9 Å². The van der Waals surface area contributed by atoms with E-state index in [0.29, 0.717) is 11.3 Å². The second-order valence-electron chi connectivity index (χ2n) is 8.04. The Kier molecular flexibility index (Phi) is 5.70. The lowest BCUT2D eigenvalue weighted by Gasteiger charge is -2.34. The van der Waals surface area contributed by atoms with Gasteiger partial charge in [-0.1, -0.05) is 17.7 Å². The zero-order chi connectivity index (χ0) is 22.9. The summed E-state index contributed by atoms with van der Waals surface area (Å²) in [7, 11) is 2.14. The van der Waals surface area contributed by atoms with Crippen LogP contribution in [0, 0.1) is 5.82 Å². The Balaban J connectivity index is 1.38. The molecule has 168 valence electrons.